The van der Waals surface area contributed by atoms with Crippen LogP contribution >= 0.6 is 11.8 Å². The van der Waals surface area contributed by atoms with Crippen molar-refractivity contribution < 1.29 is 9.90 Å². The van der Waals surface area contributed by atoms with Crippen LogP contribution in [0, 0.1) is 0 Å². The SMILES string of the molecule is CC(Sc1ccccc1)C(=O)Nc1ccccc1O. The highest BCUT2D eigenvalue weighted by Crippen LogP contribution is 2.26. The molecule has 1 amide bonds. The zero-order valence-electron chi connectivity index (χ0n) is 10.5. The molecule has 4 heteroatoms. The van der Waals surface area contributed by atoms with Crippen LogP contribution in [-0.2, 0) is 4.79 Å². The topological polar surface area (TPSA) is 49.3 Å². The molecule has 3 nitrogen and oxygen atoms in total. The summed E-state index contributed by atoms with van der Waals surface area (Å²) in [7, 11) is 0. The predicted molar refractivity (Wildman–Crippen MR) is 78.5 cm³/mol. The maximum Gasteiger partial charge on any atom is 0.237 e. The Labute approximate surface area is 116 Å². The number of rotatable bonds is 4. The lowest BCUT2D eigenvalue weighted by molar-refractivity contribution is -0.115. The van der Waals surface area contributed by atoms with E-state index in [4.69, 9.17) is 0 Å². The van der Waals surface area contributed by atoms with E-state index in [0.717, 1.165) is 4.90 Å². The lowest BCUT2D eigenvalue weighted by Gasteiger charge is -2.12. The molecule has 1 unspecified atom stereocenters. The summed E-state index contributed by atoms with van der Waals surface area (Å²) in [5, 5.41) is 12.1. The van der Waals surface area contributed by atoms with Gasteiger partial charge in [-0.3, -0.25) is 4.79 Å². The van der Waals surface area contributed by atoms with Crippen LogP contribution in [0.2, 0.25) is 0 Å². The van der Waals surface area contributed by atoms with Gasteiger partial charge in [0.25, 0.3) is 0 Å². The van der Waals surface area contributed by atoms with Gasteiger partial charge in [-0.25, -0.2) is 0 Å². The summed E-state index contributed by atoms with van der Waals surface area (Å²) in [5.41, 5.74) is 0.438. The van der Waals surface area contributed by atoms with Crippen LogP contribution in [0.1, 0.15) is 6.92 Å². The third-order valence-electron chi connectivity index (χ3n) is 2.59. The molecule has 2 N–H and O–H groups in total. The highest BCUT2D eigenvalue weighted by Gasteiger charge is 2.15. The molecule has 0 saturated carbocycles. The van der Waals surface area contributed by atoms with Crippen LogP contribution in [-0.4, -0.2) is 16.3 Å². The largest absolute Gasteiger partial charge is 0.506 e. The van der Waals surface area contributed by atoms with Crippen molar-refractivity contribution in [2.24, 2.45) is 0 Å². The van der Waals surface area contributed by atoms with Gasteiger partial charge >= 0.3 is 0 Å². The fourth-order valence-electron chi connectivity index (χ4n) is 1.57. The first-order chi connectivity index (χ1) is 9.16. The van der Waals surface area contributed by atoms with Crippen molar-refractivity contribution in [2.75, 3.05) is 5.32 Å². The van der Waals surface area contributed by atoms with E-state index in [0.29, 0.717) is 5.69 Å². The van der Waals surface area contributed by atoms with E-state index in [1.54, 1.807) is 24.3 Å². The van der Waals surface area contributed by atoms with Gasteiger partial charge < -0.3 is 10.4 Å². The van der Waals surface area contributed by atoms with Gasteiger partial charge in [0, 0.05) is 4.90 Å². The maximum atomic E-state index is 12.0. The second kappa shape index (κ2) is 6.29. The van der Waals surface area contributed by atoms with Gasteiger partial charge in [-0.15, -0.1) is 11.8 Å². The molecule has 1 atom stereocenters. The van der Waals surface area contributed by atoms with Crippen LogP contribution in [0.15, 0.2) is 59.5 Å². The average Bonchev–Trinajstić information content (AvgIpc) is 2.42. The molecule has 98 valence electrons. The zero-order valence-corrected chi connectivity index (χ0v) is 11.4. The maximum absolute atomic E-state index is 12.0. The van der Waals surface area contributed by atoms with E-state index in [9.17, 15) is 9.90 Å². The molecule has 0 aliphatic heterocycles. The molecule has 0 radical (unpaired) electrons. The van der Waals surface area contributed by atoms with Crippen molar-refractivity contribution in [1.29, 1.82) is 0 Å². The summed E-state index contributed by atoms with van der Waals surface area (Å²) in [6.07, 6.45) is 0. The summed E-state index contributed by atoms with van der Waals surface area (Å²) in [4.78, 5) is 13.1. The number of hydrogen-bond acceptors (Lipinski definition) is 3. The highest BCUT2D eigenvalue weighted by atomic mass is 32.2. The van der Waals surface area contributed by atoms with Crippen LogP contribution in [0.25, 0.3) is 0 Å². The number of anilines is 1. The number of amides is 1. The summed E-state index contributed by atoms with van der Waals surface area (Å²) in [5.74, 6) is -0.0527. The van der Waals surface area contributed by atoms with Crippen LogP contribution < -0.4 is 5.32 Å². The van der Waals surface area contributed by atoms with Crippen molar-refractivity contribution in [3.63, 3.8) is 0 Å². The second-order valence-corrected chi connectivity index (χ2v) is 5.49. The van der Waals surface area contributed by atoms with Gasteiger partial charge in [-0.05, 0) is 31.2 Å². The molecular formula is C15H15NO2S. The minimum atomic E-state index is -0.234. The molecule has 19 heavy (non-hydrogen) atoms. The van der Waals surface area contributed by atoms with E-state index in [1.807, 2.05) is 37.3 Å². The minimum absolute atomic E-state index is 0.0766. The van der Waals surface area contributed by atoms with Crippen LogP contribution in [0.5, 0.6) is 5.75 Å². The lowest BCUT2D eigenvalue weighted by Crippen LogP contribution is -2.22. The molecular weight excluding hydrogens is 258 g/mol. The first-order valence-electron chi connectivity index (χ1n) is 5.97. The molecule has 2 rings (SSSR count). The molecule has 0 aromatic heterocycles. The third-order valence-corrected chi connectivity index (χ3v) is 3.70. The van der Waals surface area contributed by atoms with Gasteiger partial charge in [0.15, 0.2) is 0 Å². The van der Waals surface area contributed by atoms with Crippen molar-refractivity contribution in [2.45, 2.75) is 17.1 Å². The molecule has 2 aromatic rings. The molecule has 0 fully saturated rings. The van der Waals surface area contributed by atoms with Crippen molar-refractivity contribution in [3.8, 4) is 5.75 Å². The zero-order chi connectivity index (χ0) is 13.7. The Bertz CT molecular complexity index is 557. The standard InChI is InChI=1S/C15H15NO2S/c1-11(19-12-7-3-2-4-8-12)15(18)16-13-9-5-6-10-14(13)17/h2-11,17H,1H3,(H,16,18). The summed E-state index contributed by atoms with van der Waals surface area (Å²) in [6, 6.07) is 16.5. The number of carbonyl (C=O) groups excluding carboxylic acids is 1. The molecule has 0 aliphatic rings. The van der Waals surface area contributed by atoms with E-state index >= 15 is 0 Å². The number of phenols is 1. The molecule has 0 saturated heterocycles. The van der Waals surface area contributed by atoms with Crippen molar-refractivity contribution in [1.82, 2.24) is 0 Å². The third kappa shape index (κ3) is 3.76. The quantitative estimate of drug-likeness (QED) is 0.662. The fourth-order valence-corrected chi connectivity index (χ4v) is 2.46. The molecule has 0 spiro atoms. The number of carbonyl (C=O) groups is 1. The Morgan fingerprint density at radius 2 is 1.74 bits per heavy atom. The lowest BCUT2D eigenvalue weighted by atomic mass is 10.3. The second-order valence-electron chi connectivity index (χ2n) is 4.08. The molecule has 0 bridgehead atoms. The Balaban J connectivity index is 1.99. The number of aromatic hydroxyl groups is 1. The van der Waals surface area contributed by atoms with E-state index < -0.39 is 0 Å². The summed E-state index contributed by atoms with van der Waals surface area (Å²) in [6.45, 7) is 1.84. The minimum Gasteiger partial charge on any atom is -0.506 e. The monoisotopic (exact) mass is 273 g/mol. The molecule has 0 heterocycles. The Morgan fingerprint density at radius 1 is 1.11 bits per heavy atom. The van der Waals surface area contributed by atoms with E-state index in [-0.39, 0.29) is 16.9 Å². The first-order valence-corrected chi connectivity index (χ1v) is 6.85. The number of para-hydroxylation sites is 2. The van der Waals surface area contributed by atoms with Gasteiger partial charge in [-0.1, -0.05) is 30.3 Å². The number of benzene rings is 2. The number of thioether (sulfide) groups is 1. The summed E-state index contributed by atoms with van der Waals surface area (Å²) < 4.78 is 0. The van der Waals surface area contributed by atoms with Crippen molar-refractivity contribution >= 4 is 23.4 Å². The average molecular weight is 273 g/mol. The highest BCUT2D eigenvalue weighted by molar-refractivity contribution is 8.00. The molecule has 2 aromatic carbocycles. The van der Waals surface area contributed by atoms with Crippen LogP contribution in [0.4, 0.5) is 5.69 Å². The van der Waals surface area contributed by atoms with Gasteiger partial charge in [0.05, 0.1) is 10.9 Å². The summed E-state index contributed by atoms with van der Waals surface area (Å²) >= 11 is 1.48. The molecule has 0 aliphatic carbocycles. The first kappa shape index (κ1) is 13.5. The van der Waals surface area contributed by atoms with E-state index in [1.165, 1.54) is 11.8 Å². The number of hydrogen-bond donors (Lipinski definition) is 2. The fraction of sp³-hybridized carbons (Fsp3) is 0.133. The van der Waals surface area contributed by atoms with Crippen molar-refractivity contribution in [3.05, 3.63) is 54.6 Å². The van der Waals surface area contributed by atoms with Gasteiger partial charge in [0.1, 0.15) is 5.75 Å². The Morgan fingerprint density at radius 3 is 2.42 bits per heavy atom. The number of nitrogens with one attached hydrogen (secondary N) is 1. The predicted octanol–water partition coefficient (Wildman–Crippen LogP) is 3.51. The number of phenolic OH excluding ortho intramolecular Hbond substituents is 1. The Hall–Kier alpha value is -1.94. The smallest absolute Gasteiger partial charge is 0.237 e. The normalized spacial score (nSPS) is 11.8. The van der Waals surface area contributed by atoms with Gasteiger partial charge in [-0.2, -0.15) is 0 Å². The van der Waals surface area contributed by atoms with Gasteiger partial charge in [0.2, 0.25) is 5.91 Å². The van der Waals surface area contributed by atoms with Crippen LogP contribution in [0.3, 0.4) is 0 Å². The van der Waals surface area contributed by atoms with E-state index in [2.05, 4.69) is 5.32 Å². The Kier molecular flexibility index (Phi) is 4.47.